The fourth-order valence-electron chi connectivity index (χ4n) is 2.93. The number of ether oxygens (including phenoxy) is 3. The average Bonchev–Trinajstić information content (AvgIpc) is 2.68. The van der Waals surface area contributed by atoms with Crippen LogP contribution in [-0.2, 0) is 16.4 Å². The molecule has 0 amide bonds. The zero-order valence-electron chi connectivity index (χ0n) is 17.4. The van der Waals surface area contributed by atoms with Crippen molar-refractivity contribution >= 4 is 10.0 Å². The fraction of sp³-hybridized carbons (Fsp3) is 0.429. The third kappa shape index (κ3) is 6.62. The normalized spacial score (nSPS) is 12.6. The highest BCUT2D eigenvalue weighted by Crippen LogP contribution is 2.27. The van der Waals surface area contributed by atoms with Gasteiger partial charge in [-0.25, -0.2) is 13.6 Å². The number of nitrogens with zero attached hydrogens (tertiary/aromatic N) is 1. The van der Waals surface area contributed by atoms with Crippen molar-refractivity contribution in [1.82, 2.24) is 4.90 Å². The van der Waals surface area contributed by atoms with Crippen molar-refractivity contribution in [3.63, 3.8) is 0 Å². The monoisotopic (exact) mass is 422 g/mol. The van der Waals surface area contributed by atoms with E-state index in [1.807, 2.05) is 44.3 Å². The number of hydrogen-bond acceptors (Lipinski definition) is 6. The van der Waals surface area contributed by atoms with E-state index in [2.05, 4.69) is 11.8 Å². The molecule has 1 atom stereocenters. The van der Waals surface area contributed by atoms with Crippen LogP contribution < -0.4 is 19.3 Å². The number of methoxy groups -OCH3 is 1. The van der Waals surface area contributed by atoms with Gasteiger partial charge in [0.1, 0.15) is 17.3 Å². The molecule has 0 bridgehead atoms. The van der Waals surface area contributed by atoms with Gasteiger partial charge >= 0.3 is 0 Å². The molecule has 0 unspecified atom stereocenters. The Morgan fingerprint density at radius 1 is 1.07 bits per heavy atom. The summed E-state index contributed by atoms with van der Waals surface area (Å²) in [6, 6.07) is 12.8. The number of likely N-dealkylation sites (N-methyl/N-ethyl adjacent to an activating group) is 1. The van der Waals surface area contributed by atoms with Gasteiger partial charge in [-0.05, 0) is 57.1 Å². The van der Waals surface area contributed by atoms with Gasteiger partial charge in [-0.15, -0.1) is 0 Å². The zero-order valence-corrected chi connectivity index (χ0v) is 18.2. The zero-order chi connectivity index (χ0) is 21.4. The molecule has 2 aromatic rings. The minimum atomic E-state index is -3.85. The number of hydrogen-bond donors (Lipinski definition) is 1. The topological polar surface area (TPSA) is 91.1 Å². The van der Waals surface area contributed by atoms with Crippen molar-refractivity contribution in [2.24, 2.45) is 5.14 Å². The molecular weight excluding hydrogens is 392 g/mol. The molecule has 2 N–H and O–H groups in total. The predicted molar refractivity (Wildman–Crippen MR) is 113 cm³/mol. The van der Waals surface area contributed by atoms with Gasteiger partial charge in [0, 0.05) is 12.6 Å². The standard InChI is InChI=1S/C21H30N2O5S/c1-5-27-18-8-6-7-9-19(18)28-13-12-23(3)16(2)14-17-10-11-20(26-4)21(15-17)29(22,24)25/h6-11,15-16H,5,12-14H2,1-4H3,(H2,22,24,25)/t16-/m1/s1. The number of para-hydroxylation sites is 2. The van der Waals surface area contributed by atoms with Crippen LogP contribution in [-0.4, -0.2) is 53.3 Å². The van der Waals surface area contributed by atoms with Crippen molar-refractivity contribution in [2.45, 2.75) is 31.2 Å². The second-order valence-corrected chi connectivity index (χ2v) is 8.32. The van der Waals surface area contributed by atoms with Crippen molar-refractivity contribution in [2.75, 3.05) is 33.9 Å². The van der Waals surface area contributed by atoms with Crippen LogP contribution in [0.5, 0.6) is 17.2 Å². The number of rotatable bonds is 11. The van der Waals surface area contributed by atoms with Crippen LogP contribution in [0.2, 0.25) is 0 Å². The highest BCUT2D eigenvalue weighted by Gasteiger charge is 2.17. The number of primary sulfonamides is 1. The van der Waals surface area contributed by atoms with E-state index in [1.54, 1.807) is 12.1 Å². The van der Waals surface area contributed by atoms with Gasteiger partial charge in [-0.3, -0.25) is 4.90 Å². The summed E-state index contributed by atoms with van der Waals surface area (Å²) in [5, 5.41) is 5.30. The molecule has 0 radical (unpaired) electrons. The van der Waals surface area contributed by atoms with Crippen LogP contribution in [0, 0.1) is 0 Å². The quantitative estimate of drug-likeness (QED) is 0.599. The highest BCUT2D eigenvalue weighted by molar-refractivity contribution is 7.89. The molecule has 0 aromatic heterocycles. The molecule has 2 rings (SSSR count). The summed E-state index contributed by atoms with van der Waals surface area (Å²) in [6.45, 7) is 5.82. The molecule has 0 aliphatic heterocycles. The molecular formula is C21H30N2O5S. The summed E-state index contributed by atoms with van der Waals surface area (Å²) in [5.74, 6) is 1.71. The summed E-state index contributed by atoms with van der Waals surface area (Å²) >= 11 is 0. The molecule has 7 nitrogen and oxygen atoms in total. The summed E-state index contributed by atoms with van der Waals surface area (Å²) in [4.78, 5) is 2.16. The molecule has 0 saturated carbocycles. The Bertz CT molecular complexity index is 902. The summed E-state index contributed by atoms with van der Waals surface area (Å²) in [7, 11) is -0.421. The Balaban J connectivity index is 1.95. The van der Waals surface area contributed by atoms with Gasteiger partial charge in [-0.2, -0.15) is 0 Å². The van der Waals surface area contributed by atoms with E-state index in [4.69, 9.17) is 19.3 Å². The maximum absolute atomic E-state index is 11.8. The van der Waals surface area contributed by atoms with Gasteiger partial charge in [0.05, 0.1) is 13.7 Å². The van der Waals surface area contributed by atoms with Gasteiger partial charge < -0.3 is 14.2 Å². The maximum atomic E-state index is 11.8. The van der Waals surface area contributed by atoms with E-state index in [9.17, 15) is 8.42 Å². The second kappa shape index (κ2) is 10.5. The first-order valence-corrected chi connectivity index (χ1v) is 11.1. The highest BCUT2D eigenvalue weighted by atomic mass is 32.2. The molecule has 0 aliphatic rings. The van der Waals surface area contributed by atoms with E-state index in [0.717, 1.165) is 17.1 Å². The number of benzene rings is 2. The number of nitrogens with two attached hydrogens (primary N) is 1. The molecule has 0 saturated heterocycles. The van der Waals surface area contributed by atoms with Crippen LogP contribution in [0.15, 0.2) is 47.4 Å². The lowest BCUT2D eigenvalue weighted by atomic mass is 10.1. The van der Waals surface area contributed by atoms with E-state index in [-0.39, 0.29) is 16.7 Å². The Labute approximate surface area is 173 Å². The molecule has 0 spiro atoms. The lowest BCUT2D eigenvalue weighted by Crippen LogP contribution is -2.34. The average molecular weight is 423 g/mol. The van der Waals surface area contributed by atoms with Gasteiger partial charge in [-0.1, -0.05) is 18.2 Å². The maximum Gasteiger partial charge on any atom is 0.241 e. The van der Waals surface area contributed by atoms with Crippen molar-refractivity contribution in [3.8, 4) is 17.2 Å². The van der Waals surface area contributed by atoms with E-state index < -0.39 is 10.0 Å². The van der Waals surface area contributed by atoms with E-state index in [1.165, 1.54) is 7.11 Å². The van der Waals surface area contributed by atoms with Crippen LogP contribution in [0.4, 0.5) is 0 Å². The first kappa shape index (κ1) is 23.0. The van der Waals surface area contributed by atoms with Crippen LogP contribution in [0.3, 0.4) is 0 Å². The number of sulfonamides is 1. The van der Waals surface area contributed by atoms with Gasteiger partial charge in [0.2, 0.25) is 10.0 Å². The van der Waals surface area contributed by atoms with Crippen molar-refractivity contribution < 1.29 is 22.6 Å². The van der Waals surface area contributed by atoms with Crippen LogP contribution in [0.25, 0.3) is 0 Å². The Hall–Kier alpha value is -2.29. The SMILES string of the molecule is CCOc1ccccc1OCCN(C)[C@H](C)Cc1ccc(OC)c(S(N)(=O)=O)c1. The minimum Gasteiger partial charge on any atom is -0.495 e. The van der Waals surface area contributed by atoms with Gasteiger partial charge in [0.15, 0.2) is 11.5 Å². The second-order valence-electron chi connectivity index (χ2n) is 6.79. The van der Waals surface area contributed by atoms with E-state index in [0.29, 0.717) is 26.2 Å². The Kier molecular flexibility index (Phi) is 8.31. The van der Waals surface area contributed by atoms with Crippen molar-refractivity contribution in [1.29, 1.82) is 0 Å². The first-order valence-electron chi connectivity index (χ1n) is 9.50. The minimum absolute atomic E-state index is 0.00298. The molecule has 0 fully saturated rings. The third-order valence-electron chi connectivity index (χ3n) is 4.67. The first-order chi connectivity index (χ1) is 13.8. The Morgan fingerprint density at radius 3 is 2.31 bits per heavy atom. The molecule has 8 heteroatoms. The predicted octanol–water partition coefficient (Wildman–Crippen LogP) is 2.68. The summed E-state index contributed by atoms with van der Waals surface area (Å²) in [5.41, 5.74) is 0.872. The molecule has 0 heterocycles. The fourth-order valence-corrected chi connectivity index (χ4v) is 3.68. The van der Waals surface area contributed by atoms with Crippen LogP contribution in [0.1, 0.15) is 19.4 Å². The Morgan fingerprint density at radius 2 is 1.72 bits per heavy atom. The van der Waals surface area contributed by atoms with E-state index >= 15 is 0 Å². The third-order valence-corrected chi connectivity index (χ3v) is 5.60. The van der Waals surface area contributed by atoms with Crippen LogP contribution >= 0.6 is 0 Å². The van der Waals surface area contributed by atoms with Gasteiger partial charge in [0.25, 0.3) is 0 Å². The molecule has 0 aliphatic carbocycles. The largest absolute Gasteiger partial charge is 0.495 e. The molecule has 160 valence electrons. The lowest BCUT2D eigenvalue weighted by molar-refractivity contribution is 0.193. The molecule has 2 aromatic carbocycles. The lowest BCUT2D eigenvalue weighted by Gasteiger charge is -2.25. The smallest absolute Gasteiger partial charge is 0.241 e. The summed E-state index contributed by atoms with van der Waals surface area (Å²) < 4.78 is 40.1. The summed E-state index contributed by atoms with van der Waals surface area (Å²) in [6.07, 6.45) is 0.665. The molecule has 29 heavy (non-hydrogen) atoms. The van der Waals surface area contributed by atoms with Crippen molar-refractivity contribution in [3.05, 3.63) is 48.0 Å².